The van der Waals surface area contributed by atoms with Gasteiger partial charge < -0.3 is 9.32 Å². The summed E-state index contributed by atoms with van der Waals surface area (Å²) in [6.07, 6.45) is 0. The van der Waals surface area contributed by atoms with Crippen LogP contribution in [0, 0.1) is 0 Å². The Balaban J connectivity index is 1.32. The molecule has 1 heterocycles. The molecule has 0 saturated heterocycles. The van der Waals surface area contributed by atoms with E-state index in [2.05, 4.69) is 181 Å². The van der Waals surface area contributed by atoms with Crippen LogP contribution < -0.4 is 4.90 Å². The molecule has 1 aromatic heterocycles. The van der Waals surface area contributed by atoms with Crippen molar-refractivity contribution < 1.29 is 4.42 Å². The van der Waals surface area contributed by atoms with Gasteiger partial charge >= 0.3 is 0 Å². The quantitative estimate of drug-likeness (QED) is 0.184. The maximum atomic E-state index is 6.69. The molecule has 0 aliphatic carbocycles. The summed E-state index contributed by atoms with van der Waals surface area (Å²) >= 11 is 0. The summed E-state index contributed by atoms with van der Waals surface area (Å²) in [6, 6.07) is 63.3. The van der Waals surface area contributed by atoms with E-state index < -0.39 is 0 Å². The van der Waals surface area contributed by atoms with Gasteiger partial charge in [-0.15, -0.1) is 0 Å². The summed E-state index contributed by atoms with van der Waals surface area (Å²) in [5, 5.41) is 11.9. The topological polar surface area (TPSA) is 16.4 Å². The highest BCUT2D eigenvalue weighted by Gasteiger charge is 2.23. The maximum Gasteiger partial charge on any atom is 0.143 e. The Morgan fingerprint density at radius 3 is 1.75 bits per heavy atom. The molecule has 0 aliphatic heterocycles. The van der Waals surface area contributed by atoms with E-state index in [1.807, 2.05) is 0 Å². The Morgan fingerprint density at radius 2 is 0.958 bits per heavy atom. The van der Waals surface area contributed by atoms with Crippen molar-refractivity contribution in [3.63, 3.8) is 0 Å². The highest BCUT2D eigenvalue weighted by Crippen LogP contribution is 2.48. The summed E-state index contributed by atoms with van der Waals surface area (Å²) in [7, 11) is 0. The largest absolute Gasteiger partial charge is 0.455 e. The number of hydrogen-bond acceptors (Lipinski definition) is 2. The van der Waals surface area contributed by atoms with Gasteiger partial charge in [0.15, 0.2) is 0 Å². The van der Waals surface area contributed by atoms with E-state index in [4.69, 9.17) is 4.42 Å². The number of nitrogens with zero attached hydrogens (tertiary/aromatic N) is 1. The number of hydrogen-bond donors (Lipinski definition) is 0. The second-order valence-corrected chi connectivity index (χ2v) is 12.5. The maximum absolute atomic E-state index is 6.69. The molecule has 0 radical (unpaired) electrons. The molecule has 10 aromatic rings. The number of furan rings is 1. The minimum atomic E-state index is 0.875. The first-order valence-corrected chi connectivity index (χ1v) is 16.4. The number of benzene rings is 9. The van der Waals surface area contributed by atoms with Crippen molar-refractivity contribution in [1.29, 1.82) is 0 Å². The van der Waals surface area contributed by atoms with Crippen molar-refractivity contribution in [2.24, 2.45) is 0 Å². The van der Waals surface area contributed by atoms with E-state index in [1.165, 1.54) is 48.8 Å². The van der Waals surface area contributed by atoms with E-state index >= 15 is 0 Å². The zero-order valence-electron chi connectivity index (χ0n) is 26.1. The van der Waals surface area contributed by atoms with E-state index in [0.29, 0.717) is 0 Å². The molecule has 0 aliphatic rings. The summed E-state index contributed by atoms with van der Waals surface area (Å²) in [4.78, 5) is 2.44. The van der Waals surface area contributed by atoms with Crippen LogP contribution in [-0.2, 0) is 0 Å². The molecule has 0 fully saturated rings. The van der Waals surface area contributed by atoms with Gasteiger partial charge in [-0.2, -0.15) is 0 Å². The van der Waals surface area contributed by atoms with Crippen LogP contribution in [0.2, 0.25) is 0 Å². The molecule has 0 saturated carbocycles. The van der Waals surface area contributed by atoms with E-state index in [-0.39, 0.29) is 0 Å². The predicted molar refractivity (Wildman–Crippen MR) is 204 cm³/mol. The van der Waals surface area contributed by atoms with E-state index in [9.17, 15) is 0 Å². The third-order valence-electron chi connectivity index (χ3n) is 9.82. The fourth-order valence-electron chi connectivity index (χ4n) is 7.59. The summed E-state index contributed by atoms with van der Waals surface area (Å²) in [5.41, 5.74) is 7.48. The van der Waals surface area contributed by atoms with E-state index in [1.54, 1.807) is 0 Å². The monoisotopic (exact) mass is 611 g/mol. The minimum absolute atomic E-state index is 0.875. The summed E-state index contributed by atoms with van der Waals surface area (Å²) in [5.74, 6) is 0. The average molecular weight is 612 g/mol. The molecule has 0 bridgehead atoms. The number of fused-ring (bicyclic) bond motifs is 10. The molecule has 0 spiro atoms. The molecular weight excluding hydrogens is 583 g/mol. The van der Waals surface area contributed by atoms with Gasteiger partial charge in [-0.05, 0) is 79.8 Å². The Hall–Kier alpha value is -6.38. The lowest BCUT2D eigenvalue weighted by atomic mass is 9.94. The lowest BCUT2D eigenvalue weighted by Gasteiger charge is -2.28. The third kappa shape index (κ3) is 4.06. The predicted octanol–water partition coefficient (Wildman–Crippen LogP) is 13.3. The van der Waals surface area contributed by atoms with Crippen LogP contribution in [0.1, 0.15) is 0 Å². The molecule has 224 valence electrons. The van der Waals surface area contributed by atoms with E-state index in [0.717, 1.165) is 44.4 Å². The first-order chi connectivity index (χ1) is 23.8. The summed E-state index contributed by atoms with van der Waals surface area (Å²) < 4.78 is 6.69. The van der Waals surface area contributed by atoms with Crippen molar-refractivity contribution in [2.45, 2.75) is 0 Å². The molecular formula is C46H29NO. The smallest absolute Gasteiger partial charge is 0.143 e. The van der Waals surface area contributed by atoms with Gasteiger partial charge in [-0.25, -0.2) is 0 Å². The summed E-state index contributed by atoms with van der Waals surface area (Å²) in [6.45, 7) is 0. The normalized spacial score (nSPS) is 11.8. The third-order valence-corrected chi connectivity index (χ3v) is 9.82. The highest BCUT2D eigenvalue weighted by molar-refractivity contribution is 6.24. The molecule has 48 heavy (non-hydrogen) atoms. The molecule has 10 rings (SSSR count). The SMILES string of the molecule is c1ccc(-c2ccc(N(c3cc4c5ccccc5ccc4c4ccccc34)c3cccc4oc5c6ccccc6ccc5c34)cc2)cc1. The van der Waals surface area contributed by atoms with Crippen LogP contribution in [0.4, 0.5) is 17.1 Å². The molecule has 9 aromatic carbocycles. The van der Waals surface area contributed by atoms with Crippen LogP contribution in [0.15, 0.2) is 180 Å². The van der Waals surface area contributed by atoms with Gasteiger partial charge in [0, 0.05) is 21.8 Å². The van der Waals surface area contributed by atoms with Gasteiger partial charge in [0.05, 0.1) is 16.8 Å². The Labute approximate surface area is 277 Å². The second-order valence-electron chi connectivity index (χ2n) is 12.5. The van der Waals surface area contributed by atoms with Crippen molar-refractivity contribution >= 4 is 82.1 Å². The molecule has 0 atom stereocenters. The highest BCUT2D eigenvalue weighted by atomic mass is 16.3. The van der Waals surface area contributed by atoms with Crippen LogP contribution >= 0.6 is 0 Å². The fourth-order valence-corrected chi connectivity index (χ4v) is 7.59. The molecule has 0 unspecified atom stereocenters. The van der Waals surface area contributed by atoms with Crippen LogP contribution in [0.5, 0.6) is 0 Å². The lowest BCUT2D eigenvalue weighted by molar-refractivity contribution is 0.672. The van der Waals surface area contributed by atoms with Crippen molar-refractivity contribution in [1.82, 2.24) is 0 Å². The second kappa shape index (κ2) is 10.6. The average Bonchev–Trinajstić information content (AvgIpc) is 3.56. The molecule has 2 heteroatoms. The van der Waals surface area contributed by atoms with Crippen molar-refractivity contribution in [3.05, 3.63) is 176 Å². The van der Waals surface area contributed by atoms with Crippen molar-refractivity contribution in [3.8, 4) is 11.1 Å². The Bertz CT molecular complexity index is 2830. The van der Waals surface area contributed by atoms with Gasteiger partial charge in [-0.1, -0.05) is 140 Å². The zero-order chi connectivity index (χ0) is 31.6. The first kappa shape index (κ1) is 26.8. The zero-order valence-corrected chi connectivity index (χ0v) is 26.1. The molecule has 0 amide bonds. The van der Waals surface area contributed by atoms with Crippen LogP contribution in [0.25, 0.3) is 76.2 Å². The molecule has 2 nitrogen and oxygen atoms in total. The number of rotatable bonds is 4. The van der Waals surface area contributed by atoms with Crippen LogP contribution in [0.3, 0.4) is 0 Å². The number of anilines is 3. The van der Waals surface area contributed by atoms with Crippen LogP contribution in [-0.4, -0.2) is 0 Å². The Kier molecular flexibility index (Phi) is 5.91. The van der Waals surface area contributed by atoms with Gasteiger partial charge in [0.2, 0.25) is 0 Å². The molecule has 0 N–H and O–H groups in total. The fraction of sp³-hybridized carbons (Fsp3) is 0. The standard InChI is InChI=1S/C46H29NO/c1-2-11-30(12-3-1)31-21-25-34(26-22-31)47(42-19-10-20-44-45(42)40-28-24-33-14-5-7-16-36(33)46(40)48-44)43-29-41-35-15-6-4-13-32(35)23-27-38(41)37-17-8-9-18-39(37)43/h1-29H. The van der Waals surface area contributed by atoms with Crippen molar-refractivity contribution in [2.75, 3.05) is 4.90 Å². The first-order valence-electron chi connectivity index (χ1n) is 16.4. The van der Waals surface area contributed by atoms with Gasteiger partial charge in [0.1, 0.15) is 11.2 Å². The van der Waals surface area contributed by atoms with Gasteiger partial charge in [0.25, 0.3) is 0 Å². The van der Waals surface area contributed by atoms with Gasteiger partial charge in [-0.3, -0.25) is 0 Å². The minimum Gasteiger partial charge on any atom is -0.455 e. The Morgan fingerprint density at radius 1 is 0.354 bits per heavy atom. The lowest BCUT2D eigenvalue weighted by Crippen LogP contribution is -2.11.